The zero-order valence-corrected chi connectivity index (χ0v) is 12.8. The quantitative estimate of drug-likeness (QED) is 0.844. The van der Waals surface area contributed by atoms with Crippen LogP contribution < -0.4 is 15.0 Å². The number of methoxy groups -OCH3 is 1. The second kappa shape index (κ2) is 7.47. The topological polar surface area (TPSA) is 50.3 Å². The summed E-state index contributed by atoms with van der Waals surface area (Å²) < 4.78 is 5.22. The number of nitrogens with one attached hydrogen (secondary N) is 1. The van der Waals surface area contributed by atoms with E-state index in [-0.39, 0.29) is 0 Å². The third-order valence-corrected chi connectivity index (χ3v) is 3.17. The van der Waals surface area contributed by atoms with E-state index in [1.54, 1.807) is 13.3 Å². The Balaban J connectivity index is 2.09. The van der Waals surface area contributed by atoms with Crippen molar-refractivity contribution in [2.45, 2.75) is 19.8 Å². The van der Waals surface area contributed by atoms with E-state index in [1.807, 2.05) is 37.4 Å². The molecule has 0 saturated heterocycles. The van der Waals surface area contributed by atoms with Crippen LogP contribution >= 0.6 is 0 Å². The lowest BCUT2D eigenvalue weighted by atomic mass is 10.3. The summed E-state index contributed by atoms with van der Waals surface area (Å²) in [6.45, 7) is 3.13. The molecule has 0 bridgehead atoms. The molecule has 2 aromatic rings. The second-order valence-corrected chi connectivity index (χ2v) is 4.87. The lowest BCUT2D eigenvalue weighted by molar-refractivity contribution is 0.415. The molecule has 112 valence electrons. The van der Waals surface area contributed by atoms with Gasteiger partial charge in [-0.3, -0.25) is 0 Å². The first-order valence-corrected chi connectivity index (χ1v) is 7.18. The summed E-state index contributed by atoms with van der Waals surface area (Å²) in [4.78, 5) is 10.9. The van der Waals surface area contributed by atoms with Gasteiger partial charge in [0.15, 0.2) is 0 Å². The zero-order valence-electron chi connectivity index (χ0n) is 12.8. The molecule has 1 N–H and O–H groups in total. The molecule has 1 heterocycles. The molecule has 0 saturated carbocycles. The number of hydrogen-bond acceptors (Lipinski definition) is 5. The van der Waals surface area contributed by atoms with Crippen LogP contribution in [-0.4, -0.2) is 30.7 Å². The zero-order chi connectivity index (χ0) is 15.1. The van der Waals surface area contributed by atoms with Crippen molar-refractivity contribution >= 4 is 17.5 Å². The maximum absolute atomic E-state index is 5.22. The summed E-state index contributed by atoms with van der Waals surface area (Å²) >= 11 is 0. The molecule has 0 aliphatic heterocycles. The number of rotatable bonds is 7. The third kappa shape index (κ3) is 4.34. The highest BCUT2D eigenvalue weighted by Crippen LogP contribution is 2.20. The minimum Gasteiger partial charge on any atom is -0.497 e. The van der Waals surface area contributed by atoms with Crippen LogP contribution in [-0.2, 0) is 0 Å². The summed E-state index contributed by atoms with van der Waals surface area (Å²) in [5, 5.41) is 3.27. The van der Waals surface area contributed by atoms with E-state index < -0.39 is 0 Å². The number of anilines is 3. The van der Waals surface area contributed by atoms with Crippen molar-refractivity contribution in [3.05, 3.63) is 36.5 Å². The highest BCUT2D eigenvalue weighted by atomic mass is 16.5. The molecular formula is C16H22N4O. The van der Waals surface area contributed by atoms with E-state index in [9.17, 15) is 0 Å². The molecule has 2 rings (SSSR count). The normalized spacial score (nSPS) is 10.2. The monoisotopic (exact) mass is 286 g/mol. The summed E-state index contributed by atoms with van der Waals surface area (Å²) in [5.74, 6) is 2.32. The molecule has 0 radical (unpaired) electrons. The Morgan fingerprint density at radius 1 is 1.29 bits per heavy atom. The van der Waals surface area contributed by atoms with E-state index >= 15 is 0 Å². The van der Waals surface area contributed by atoms with Crippen LogP contribution in [0.15, 0.2) is 36.5 Å². The lowest BCUT2D eigenvalue weighted by Crippen LogP contribution is -2.21. The molecule has 5 heteroatoms. The molecule has 1 aromatic carbocycles. The predicted molar refractivity (Wildman–Crippen MR) is 86.5 cm³/mol. The van der Waals surface area contributed by atoms with Crippen LogP contribution in [0.3, 0.4) is 0 Å². The third-order valence-electron chi connectivity index (χ3n) is 3.17. The van der Waals surface area contributed by atoms with E-state index in [1.165, 1.54) is 0 Å². The van der Waals surface area contributed by atoms with Gasteiger partial charge < -0.3 is 15.0 Å². The first kappa shape index (κ1) is 15.1. The molecule has 0 aliphatic rings. The Morgan fingerprint density at radius 3 is 2.90 bits per heavy atom. The Bertz CT molecular complexity index is 574. The number of nitrogens with zero attached hydrogens (tertiary/aromatic N) is 3. The highest BCUT2D eigenvalue weighted by molar-refractivity contribution is 5.58. The average Bonchev–Trinajstić information content (AvgIpc) is 2.53. The van der Waals surface area contributed by atoms with Crippen LogP contribution in [0, 0.1) is 0 Å². The van der Waals surface area contributed by atoms with Crippen molar-refractivity contribution < 1.29 is 4.74 Å². The molecule has 0 fully saturated rings. The fraction of sp³-hybridized carbons (Fsp3) is 0.375. The fourth-order valence-corrected chi connectivity index (χ4v) is 1.95. The van der Waals surface area contributed by atoms with Gasteiger partial charge in [-0.15, -0.1) is 0 Å². The van der Waals surface area contributed by atoms with Gasteiger partial charge in [0, 0.05) is 31.5 Å². The van der Waals surface area contributed by atoms with Crippen LogP contribution in [0.5, 0.6) is 5.75 Å². The van der Waals surface area contributed by atoms with Crippen LogP contribution in [0.2, 0.25) is 0 Å². The molecule has 1 aromatic heterocycles. The lowest BCUT2D eigenvalue weighted by Gasteiger charge is -2.17. The number of hydrogen-bond donors (Lipinski definition) is 1. The van der Waals surface area contributed by atoms with Crippen LogP contribution in [0.1, 0.15) is 19.8 Å². The van der Waals surface area contributed by atoms with Gasteiger partial charge in [-0.05, 0) is 24.6 Å². The molecule has 0 atom stereocenters. The minimum absolute atomic E-state index is 0.733. The van der Waals surface area contributed by atoms with Gasteiger partial charge in [-0.25, -0.2) is 4.98 Å². The molecule has 5 nitrogen and oxygen atoms in total. The fourth-order valence-electron chi connectivity index (χ4n) is 1.95. The number of unbranched alkanes of at least 4 members (excludes halogenated alkanes) is 1. The first-order valence-electron chi connectivity index (χ1n) is 7.18. The molecule has 21 heavy (non-hydrogen) atoms. The minimum atomic E-state index is 0.733. The summed E-state index contributed by atoms with van der Waals surface area (Å²) in [6.07, 6.45) is 4.06. The molecular weight excluding hydrogens is 264 g/mol. The van der Waals surface area contributed by atoms with Crippen molar-refractivity contribution in [2.24, 2.45) is 0 Å². The Labute approximate surface area is 126 Å². The van der Waals surface area contributed by atoms with E-state index in [2.05, 4.69) is 27.1 Å². The van der Waals surface area contributed by atoms with Crippen molar-refractivity contribution in [1.82, 2.24) is 9.97 Å². The van der Waals surface area contributed by atoms with Crippen LogP contribution in [0.25, 0.3) is 0 Å². The average molecular weight is 286 g/mol. The van der Waals surface area contributed by atoms with Gasteiger partial charge in [0.25, 0.3) is 0 Å². The van der Waals surface area contributed by atoms with Gasteiger partial charge in [0.05, 0.1) is 7.11 Å². The second-order valence-electron chi connectivity index (χ2n) is 4.87. The molecule has 0 unspecified atom stereocenters. The predicted octanol–water partition coefficient (Wildman–Crippen LogP) is 3.47. The summed E-state index contributed by atoms with van der Waals surface area (Å²) in [7, 11) is 3.67. The van der Waals surface area contributed by atoms with E-state index in [0.29, 0.717) is 0 Å². The van der Waals surface area contributed by atoms with Gasteiger partial charge in [-0.2, -0.15) is 4.98 Å². The van der Waals surface area contributed by atoms with Gasteiger partial charge in [0.1, 0.15) is 11.6 Å². The SMILES string of the molecule is CCCCN(C)c1nccc(Nc2cccc(OC)c2)n1. The van der Waals surface area contributed by atoms with Crippen molar-refractivity contribution in [3.63, 3.8) is 0 Å². The maximum atomic E-state index is 5.22. The smallest absolute Gasteiger partial charge is 0.227 e. The standard InChI is InChI=1S/C16H22N4O/c1-4-5-11-20(2)16-17-10-9-15(19-16)18-13-7-6-8-14(12-13)21-3/h6-10,12H,4-5,11H2,1-3H3,(H,17,18,19). The molecule has 0 amide bonds. The van der Waals surface area contributed by atoms with Crippen molar-refractivity contribution in [2.75, 3.05) is 30.9 Å². The summed E-state index contributed by atoms with van der Waals surface area (Å²) in [6, 6.07) is 9.62. The van der Waals surface area contributed by atoms with Gasteiger partial charge >= 0.3 is 0 Å². The molecule has 0 spiro atoms. The number of ether oxygens (including phenoxy) is 1. The Morgan fingerprint density at radius 2 is 2.14 bits per heavy atom. The first-order chi connectivity index (χ1) is 10.2. The van der Waals surface area contributed by atoms with Gasteiger partial charge in [0.2, 0.25) is 5.95 Å². The Hall–Kier alpha value is -2.30. The largest absolute Gasteiger partial charge is 0.497 e. The highest BCUT2D eigenvalue weighted by Gasteiger charge is 2.05. The van der Waals surface area contributed by atoms with Crippen molar-refractivity contribution in [1.29, 1.82) is 0 Å². The maximum Gasteiger partial charge on any atom is 0.227 e. The van der Waals surface area contributed by atoms with Gasteiger partial charge in [-0.1, -0.05) is 19.4 Å². The summed E-state index contributed by atoms with van der Waals surface area (Å²) in [5.41, 5.74) is 0.940. The Kier molecular flexibility index (Phi) is 5.37. The molecule has 0 aliphatic carbocycles. The number of aromatic nitrogens is 2. The van der Waals surface area contributed by atoms with E-state index in [4.69, 9.17) is 4.74 Å². The van der Waals surface area contributed by atoms with Crippen LogP contribution in [0.4, 0.5) is 17.5 Å². The van der Waals surface area contributed by atoms with Crippen molar-refractivity contribution in [3.8, 4) is 5.75 Å². The number of benzene rings is 1. The van der Waals surface area contributed by atoms with E-state index in [0.717, 1.165) is 42.6 Å².